The molecule has 1 heterocycles. The Kier molecular flexibility index (Phi) is 5.75. The SMILES string of the molecule is CCc1ccc(S(=O)(=O)N(C)CCN2CCOCC2)cc1. The first kappa shape index (κ1) is 16.4. The van der Waals surface area contributed by atoms with Crippen LogP contribution >= 0.6 is 0 Å². The summed E-state index contributed by atoms with van der Waals surface area (Å²) in [5.41, 5.74) is 1.14. The van der Waals surface area contributed by atoms with E-state index in [0.717, 1.165) is 44.8 Å². The van der Waals surface area contributed by atoms with Crippen molar-refractivity contribution in [3.8, 4) is 0 Å². The van der Waals surface area contributed by atoms with Gasteiger partial charge in [0.05, 0.1) is 18.1 Å². The average molecular weight is 312 g/mol. The van der Waals surface area contributed by atoms with Crippen LogP contribution in [0.5, 0.6) is 0 Å². The number of sulfonamides is 1. The Labute approximate surface area is 127 Å². The van der Waals surface area contributed by atoms with Gasteiger partial charge in [0.15, 0.2) is 0 Å². The molecule has 0 saturated carbocycles. The molecule has 2 rings (SSSR count). The van der Waals surface area contributed by atoms with E-state index >= 15 is 0 Å². The predicted molar refractivity (Wildman–Crippen MR) is 82.9 cm³/mol. The van der Waals surface area contributed by atoms with Crippen LogP contribution < -0.4 is 0 Å². The number of ether oxygens (including phenoxy) is 1. The van der Waals surface area contributed by atoms with Crippen LogP contribution in [0.15, 0.2) is 29.2 Å². The average Bonchev–Trinajstić information content (AvgIpc) is 2.53. The third-order valence-electron chi connectivity index (χ3n) is 3.87. The van der Waals surface area contributed by atoms with Crippen molar-refractivity contribution < 1.29 is 13.2 Å². The van der Waals surface area contributed by atoms with Gasteiger partial charge < -0.3 is 4.74 Å². The van der Waals surface area contributed by atoms with Crippen LogP contribution in [-0.2, 0) is 21.2 Å². The molecule has 21 heavy (non-hydrogen) atoms. The summed E-state index contributed by atoms with van der Waals surface area (Å²) in [4.78, 5) is 2.60. The van der Waals surface area contributed by atoms with E-state index in [9.17, 15) is 8.42 Å². The zero-order chi connectivity index (χ0) is 15.3. The van der Waals surface area contributed by atoms with Crippen LogP contribution in [0.1, 0.15) is 12.5 Å². The number of rotatable bonds is 6. The first-order valence-corrected chi connectivity index (χ1v) is 8.83. The van der Waals surface area contributed by atoms with Crippen molar-refractivity contribution in [3.05, 3.63) is 29.8 Å². The van der Waals surface area contributed by atoms with Crippen molar-refractivity contribution in [1.29, 1.82) is 0 Å². The second kappa shape index (κ2) is 7.35. The molecule has 0 aliphatic carbocycles. The minimum absolute atomic E-state index is 0.365. The maximum atomic E-state index is 12.5. The van der Waals surface area contributed by atoms with Crippen LogP contribution in [0, 0.1) is 0 Å². The van der Waals surface area contributed by atoms with Gasteiger partial charge in [0.25, 0.3) is 0 Å². The number of morpholine rings is 1. The molecule has 6 heteroatoms. The molecule has 0 radical (unpaired) electrons. The topological polar surface area (TPSA) is 49.9 Å². The van der Waals surface area contributed by atoms with Crippen molar-refractivity contribution in [2.45, 2.75) is 18.2 Å². The van der Waals surface area contributed by atoms with E-state index in [1.165, 1.54) is 4.31 Å². The van der Waals surface area contributed by atoms with E-state index in [1.54, 1.807) is 19.2 Å². The number of aryl methyl sites for hydroxylation is 1. The summed E-state index contributed by atoms with van der Waals surface area (Å²) in [6, 6.07) is 7.14. The largest absolute Gasteiger partial charge is 0.379 e. The molecule has 0 aromatic heterocycles. The Morgan fingerprint density at radius 3 is 2.38 bits per heavy atom. The molecule has 1 fully saturated rings. The van der Waals surface area contributed by atoms with E-state index < -0.39 is 10.0 Å². The molecule has 1 aliphatic heterocycles. The van der Waals surface area contributed by atoms with Gasteiger partial charge in [-0.3, -0.25) is 4.90 Å². The summed E-state index contributed by atoms with van der Waals surface area (Å²) in [6.07, 6.45) is 0.910. The van der Waals surface area contributed by atoms with Gasteiger partial charge in [0.2, 0.25) is 10.0 Å². The number of benzene rings is 1. The van der Waals surface area contributed by atoms with Crippen molar-refractivity contribution >= 4 is 10.0 Å². The minimum atomic E-state index is -3.39. The maximum absolute atomic E-state index is 12.5. The molecular formula is C15H24N2O3S. The van der Waals surface area contributed by atoms with Crippen LogP contribution in [-0.4, -0.2) is 64.1 Å². The molecule has 0 amide bonds. The second-order valence-electron chi connectivity index (χ2n) is 5.28. The van der Waals surface area contributed by atoms with Gasteiger partial charge in [-0.25, -0.2) is 8.42 Å². The van der Waals surface area contributed by atoms with Gasteiger partial charge in [0.1, 0.15) is 0 Å². The van der Waals surface area contributed by atoms with E-state index in [2.05, 4.69) is 11.8 Å². The summed E-state index contributed by atoms with van der Waals surface area (Å²) >= 11 is 0. The molecule has 1 aromatic carbocycles. The Balaban J connectivity index is 1.96. The Morgan fingerprint density at radius 2 is 1.81 bits per heavy atom. The first-order valence-electron chi connectivity index (χ1n) is 7.39. The molecule has 1 aliphatic rings. The zero-order valence-electron chi connectivity index (χ0n) is 12.8. The van der Waals surface area contributed by atoms with Gasteiger partial charge in [-0.1, -0.05) is 19.1 Å². The predicted octanol–water partition coefficient (Wildman–Crippen LogP) is 1.20. The summed E-state index contributed by atoms with van der Waals surface area (Å²) in [5.74, 6) is 0. The molecule has 1 aromatic rings. The fourth-order valence-corrected chi connectivity index (χ4v) is 3.47. The Morgan fingerprint density at radius 1 is 1.19 bits per heavy atom. The molecule has 0 N–H and O–H groups in total. The standard InChI is InChI=1S/C15H24N2O3S/c1-3-14-4-6-15(7-5-14)21(18,19)16(2)8-9-17-10-12-20-13-11-17/h4-7H,3,8-13H2,1-2H3. The highest BCUT2D eigenvalue weighted by atomic mass is 32.2. The van der Waals surface area contributed by atoms with E-state index in [4.69, 9.17) is 4.74 Å². The van der Waals surface area contributed by atoms with Gasteiger partial charge in [0, 0.05) is 33.2 Å². The highest BCUT2D eigenvalue weighted by Crippen LogP contribution is 2.15. The number of likely N-dealkylation sites (N-methyl/N-ethyl adjacent to an activating group) is 1. The Bertz CT molecular complexity index is 537. The van der Waals surface area contributed by atoms with Gasteiger partial charge in [-0.15, -0.1) is 0 Å². The third-order valence-corrected chi connectivity index (χ3v) is 5.75. The molecule has 118 valence electrons. The summed E-state index contributed by atoms with van der Waals surface area (Å²) in [5, 5.41) is 0. The fraction of sp³-hybridized carbons (Fsp3) is 0.600. The van der Waals surface area contributed by atoms with E-state index in [0.29, 0.717) is 11.4 Å². The van der Waals surface area contributed by atoms with Crippen molar-refractivity contribution in [3.63, 3.8) is 0 Å². The fourth-order valence-electron chi connectivity index (χ4n) is 2.30. The zero-order valence-corrected chi connectivity index (χ0v) is 13.6. The van der Waals surface area contributed by atoms with Crippen LogP contribution in [0.4, 0.5) is 0 Å². The lowest BCUT2D eigenvalue weighted by Gasteiger charge is -2.28. The smallest absolute Gasteiger partial charge is 0.242 e. The first-order chi connectivity index (χ1) is 10.0. The van der Waals surface area contributed by atoms with Gasteiger partial charge >= 0.3 is 0 Å². The van der Waals surface area contributed by atoms with Gasteiger partial charge in [-0.2, -0.15) is 4.31 Å². The van der Waals surface area contributed by atoms with Crippen molar-refractivity contribution in [2.75, 3.05) is 46.4 Å². The van der Waals surface area contributed by atoms with Crippen LogP contribution in [0.3, 0.4) is 0 Å². The number of nitrogens with zero attached hydrogens (tertiary/aromatic N) is 2. The minimum Gasteiger partial charge on any atom is -0.379 e. The lowest BCUT2D eigenvalue weighted by Crippen LogP contribution is -2.41. The highest BCUT2D eigenvalue weighted by Gasteiger charge is 2.21. The summed E-state index contributed by atoms with van der Waals surface area (Å²) in [7, 11) is -1.75. The number of hydrogen-bond acceptors (Lipinski definition) is 4. The molecule has 0 bridgehead atoms. The van der Waals surface area contributed by atoms with Gasteiger partial charge in [-0.05, 0) is 24.1 Å². The summed E-state index contributed by atoms with van der Waals surface area (Å²) in [6.45, 7) is 6.50. The maximum Gasteiger partial charge on any atom is 0.242 e. The quantitative estimate of drug-likeness (QED) is 0.792. The Hall–Kier alpha value is -0.950. The molecule has 0 spiro atoms. The summed E-state index contributed by atoms with van der Waals surface area (Å²) < 4.78 is 31.7. The molecule has 5 nitrogen and oxygen atoms in total. The lowest BCUT2D eigenvalue weighted by molar-refractivity contribution is 0.0368. The number of hydrogen-bond donors (Lipinski definition) is 0. The van der Waals surface area contributed by atoms with Crippen LogP contribution in [0.25, 0.3) is 0 Å². The van der Waals surface area contributed by atoms with Crippen LogP contribution in [0.2, 0.25) is 0 Å². The highest BCUT2D eigenvalue weighted by molar-refractivity contribution is 7.89. The lowest BCUT2D eigenvalue weighted by atomic mass is 10.2. The third kappa shape index (κ3) is 4.26. The molecule has 1 saturated heterocycles. The molecular weight excluding hydrogens is 288 g/mol. The van der Waals surface area contributed by atoms with E-state index in [1.807, 2.05) is 12.1 Å². The van der Waals surface area contributed by atoms with Crippen molar-refractivity contribution in [1.82, 2.24) is 9.21 Å². The normalized spacial score (nSPS) is 17.3. The molecule has 0 unspecified atom stereocenters. The molecule has 0 atom stereocenters. The monoisotopic (exact) mass is 312 g/mol. The van der Waals surface area contributed by atoms with Crippen molar-refractivity contribution in [2.24, 2.45) is 0 Å². The second-order valence-corrected chi connectivity index (χ2v) is 7.32. The van der Waals surface area contributed by atoms with E-state index in [-0.39, 0.29) is 0 Å².